The van der Waals surface area contributed by atoms with E-state index in [2.05, 4.69) is 12.2 Å². The van der Waals surface area contributed by atoms with E-state index in [-0.39, 0.29) is 12.1 Å². The quantitative estimate of drug-likeness (QED) is 0.770. The lowest BCUT2D eigenvalue weighted by Gasteiger charge is -2.38. The van der Waals surface area contributed by atoms with Gasteiger partial charge in [0.05, 0.1) is 0 Å². The highest BCUT2D eigenvalue weighted by molar-refractivity contribution is 5.75. The molecule has 1 heterocycles. The molecule has 1 saturated heterocycles. The normalized spacial score (nSPS) is 30.6. The second-order valence-corrected chi connectivity index (χ2v) is 5.64. The van der Waals surface area contributed by atoms with E-state index in [1.165, 1.54) is 12.8 Å². The molecule has 17 heavy (non-hydrogen) atoms. The van der Waals surface area contributed by atoms with Crippen LogP contribution in [0.5, 0.6) is 0 Å². The molecule has 0 aromatic carbocycles. The molecule has 2 aliphatic rings. The largest absolute Gasteiger partial charge is 0.335 e. The van der Waals surface area contributed by atoms with Crippen molar-refractivity contribution in [1.82, 2.24) is 10.2 Å². The van der Waals surface area contributed by atoms with E-state index in [9.17, 15) is 4.79 Å². The number of hydrogen-bond acceptors (Lipinski definition) is 2. The lowest BCUT2D eigenvalue weighted by Crippen LogP contribution is -2.54. The zero-order valence-corrected chi connectivity index (χ0v) is 10.8. The SMILES string of the molecule is CC1CCN(C(=O)NC2CCCC2)C(CN)C1. The Morgan fingerprint density at radius 2 is 2.06 bits per heavy atom. The third-order valence-corrected chi connectivity index (χ3v) is 4.19. The number of hydrogen-bond donors (Lipinski definition) is 2. The summed E-state index contributed by atoms with van der Waals surface area (Å²) in [5, 5.41) is 3.16. The van der Waals surface area contributed by atoms with Gasteiger partial charge in [-0.25, -0.2) is 4.79 Å². The first-order valence-corrected chi connectivity index (χ1v) is 6.98. The molecular weight excluding hydrogens is 214 g/mol. The molecule has 2 fully saturated rings. The molecule has 1 aliphatic heterocycles. The Hall–Kier alpha value is -0.770. The van der Waals surface area contributed by atoms with Crippen LogP contribution in [0.25, 0.3) is 0 Å². The van der Waals surface area contributed by atoms with Gasteiger partial charge in [-0.15, -0.1) is 0 Å². The van der Waals surface area contributed by atoms with Crippen LogP contribution in [-0.4, -0.2) is 36.1 Å². The van der Waals surface area contributed by atoms with Crippen LogP contribution in [0.2, 0.25) is 0 Å². The van der Waals surface area contributed by atoms with Crippen molar-refractivity contribution < 1.29 is 4.79 Å². The lowest BCUT2D eigenvalue weighted by molar-refractivity contribution is 0.132. The molecule has 2 atom stereocenters. The van der Waals surface area contributed by atoms with E-state index in [0.29, 0.717) is 18.5 Å². The minimum Gasteiger partial charge on any atom is -0.335 e. The van der Waals surface area contributed by atoms with E-state index in [0.717, 1.165) is 32.2 Å². The van der Waals surface area contributed by atoms with Crippen LogP contribution >= 0.6 is 0 Å². The molecule has 3 N–H and O–H groups in total. The minimum atomic E-state index is 0.110. The van der Waals surface area contributed by atoms with Crippen LogP contribution in [0.4, 0.5) is 4.79 Å². The third kappa shape index (κ3) is 3.12. The molecule has 98 valence electrons. The van der Waals surface area contributed by atoms with Crippen LogP contribution in [0.15, 0.2) is 0 Å². The van der Waals surface area contributed by atoms with Gasteiger partial charge in [0, 0.05) is 25.2 Å². The first-order valence-electron chi connectivity index (χ1n) is 6.98. The molecule has 0 spiro atoms. The molecule has 4 nitrogen and oxygen atoms in total. The standard InChI is InChI=1S/C13H25N3O/c1-10-6-7-16(12(8-10)9-14)13(17)15-11-4-2-3-5-11/h10-12H,2-9,14H2,1H3,(H,15,17). The minimum absolute atomic E-state index is 0.110. The Kier molecular flexibility index (Phi) is 4.26. The Labute approximate surface area is 104 Å². The fourth-order valence-corrected chi connectivity index (χ4v) is 3.07. The van der Waals surface area contributed by atoms with Crippen LogP contribution in [-0.2, 0) is 0 Å². The first-order chi connectivity index (χ1) is 8.20. The summed E-state index contributed by atoms with van der Waals surface area (Å²) in [6.45, 7) is 3.69. The van der Waals surface area contributed by atoms with Gasteiger partial charge in [0.2, 0.25) is 0 Å². The second-order valence-electron chi connectivity index (χ2n) is 5.64. The molecular formula is C13H25N3O. The van der Waals surface area contributed by atoms with Crippen molar-refractivity contribution in [2.75, 3.05) is 13.1 Å². The lowest BCUT2D eigenvalue weighted by atomic mass is 9.93. The Morgan fingerprint density at radius 1 is 1.35 bits per heavy atom. The van der Waals surface area contributed by atoms with Gasteiger partial charge in [-0.3, -0.25) is 0 Å². The zero-order valence-electron chi connectivity index (χ0n) is 10.8. The second kappa shape index (κ2) is 5.71. The van der Waals surface area contributed by atoms with Gasteiger partial charge in [-0.2, -0.15) is 0 Å². The maximum Gasteiger partial charge on any atom is 0.317 e. The van der Waals surface area contributed by atoms with Crippen molar-refractivity contribution in [1.29, 1.82) is 0 Å². The molecule has 2 rings (SSSR count). The monoisotopic (exact) mass is 239 g/mol. The number of carbonyl (C=O) groups is 1. The fraction of sp³-hybridized carbons (Fsp3) is 0.923. The number of rotatable bonds is 2. The first kappa shape index (κ1) is 12.7. The smallest absolute Gasteiger partial charge is 0.317 e. The van der Waals surface area contributed by atoms with Crippen molar-refractivity contribution in [2.45, 2.75) is 57.5 Å². The molecule has 0 aromatic heterocycles. The average molecular weight is 239 g/mol. The summed E-state index contributed by atoms with van der Waals surface area (Å²) in [6.07, 6.45) is 6.94. The number of piperidine rings is 1. The maximum atomic E-state index is 12.2. The number of nitrogens with two attached hydrogens (primary N) is 1. The molecule has 0 bridgehead atoms. The molecule has 4 heteroatoms. The highest BCUT2D eigenvalue weighted by atomic mass is 16.2. The zero-order chi connectivity index (χ0) is 12.3. The summed E-state index contributed by atoms with van der Waals surface area (Å²) in [6, 6.07) is 0.750. The van der Waals surface area contributed by atoms with Crippen LogP contribution in [0.1, 0.15) is 45.4 Å². The summed E-state index contributed by atoms with van der Waals surface area (Å²) in [7, 11) is 0. The highest BCUT2D eigenvalue weighted by Crippen LogP contribution is 2.23. The van der Waals surface area contributed by atoms with Crippen molar-refractivity contribution in [2.24, 2.45) is 11.7 Å². The number of nitrogens with zero attached hydrogens (tertiary/aromatic N) is 1. The van der Waals surface area contributed by atoms with Gasteiger partial charge in [0.1, 0.15) is 0 Å². The average Bonchev–Trinajstić information content (AvgIpc) is 2.81. The number of carbonyl (C=O) groups excluding carboxylic acids is 1. The molecule has 1 aliphatic carbocycles. The molecule has 1 saturated carbocycles. The molecule has 2 unspecified atom stereocenters. The highest BCUT2D eigenvalue weighted by Gasteiger charge is 2.30. The Morgan fingerprint density at radius 3 is 2.71 bits per heavy atom. The van der Waals surface area contributed by atoms with Crippen molar-refractivity contribution in [3.63, 3.8) is 0 Å². The molecule has 0 aromatic rings. The van der Waals surface area contributed by atoms with Crippen molar-refractivity contribution in [3.8, 4) is 0 Å². The van der Waals surface area contributed by atoms with Crippen molar-refractivity contribution >= 4 is 6.03 Å². The van der Waals surface area contributed by atoms with Gasteiger partial charge >= 0.3 is 6.03 Å². The number of likely N-dealkylation sites (tertiary alicyclic amines) is 1. The summed E-state index contributed by atoms with van der Waals surface area (Å²) in [5.74, 6) is 0.694. The number of urea groups is 1. The summed E-state index contributed by atoms with van der Waals surface area (Å²) in [4.78, 5) is 14.1. The maximum absolute atomic E-state index is 12.2. The van der Waals surface area contributed by atoms with Gasteiger partial charge < -0.3 is 16.0 Å². The topological polar surface area (TPSA) is 58.4 Å². The van der Waals surface area contributed by atoms with Crippen LogP contribution in [0.3, 0.4) is 0 Å². The number of nitrogens with one attached hydrogen (secondary N) is 1. The van der Waals surface area contributed by atoms with E-state index >= 15 is 0 Å². The third-order valence-electron chi connectivity index (χ3n) is 4.19. The Bertz CT molecular complexity index is 263. The van der Waals surface area contributed by atoms with Gasteiger partial charge in [-0.05, 0) is 31.6 Å². The van der Waals surface area contributed by atoms with Gasteiger partial charge in [0.25, 0.3) is 0 Å². The summed E-state index contributed by atoms with van der Waals surface area (Å²) < 4.78 is 0. The summed E-state index contributed by atoms with van der Waals surface area (Å²) in [5.41, 5.74) is 5.78. The fourth-order valence-electron chi connectivity index (χ4n) is 3.07. The van der Waals surface area contributed by atoms with Crippen LogP contribution in [0, 0.1) is 5.92 Å². The predicted molar refractivity (Wildman–Crippen MR) is 68.7 cm³/mol. The molecule has 2 amide bonds. The Balaban J connectivity index is 1.88. The van der Waals surface area contributed by atoms with Crippen LogP contribution < -0.4 is 11.1 Å². The van der Waals surface area contributed by atoms with E-state index < -0.39 is 0 Å². The van der Waals surface area contributed by atoms with E-state index in [1.807, 2.05) is 4.90 Å². The van der Waals surface area contributed by atoms with Gasteiger partial charge in [0.15, 0.2) is 0 Å². The van der Waals surface area contributed by atoms with E-state index in [1.54, 1.807) is 0 Å². The summed E-state index contributed by atoms with van der Waals surface area (Å²) >= 11 is 0. The van der Waals surface area contributed by atoms with Gasteiger partial charge in [-0.1, -0.05) is 19.8 Å². The predicted octanol–water partition coefficient (Wildman–Crippen LogP) is 1.70. The van der Waals surface area contributed by atoms with Crippen molar-refractivity contribution in [3.05, 3.63) is 0 Å². The number of amides is 2. The molecule has 0 radical (unpaired) electrons. The van der Waals surface area contributed by atoms with E-state index in [4.69, 9.17) is 5.73 Å².